The van der Waals surface area contributed by atoms with Crippen LogP contribution >= 0.6 is 23.5 Å². The van der Waals surface area contributed by atoms with Gasteiger partial charge in [-0.1, -0.05) is 49.6 Å². The fraction of sp³-hybridized carbons (Fsp3) is 0.710. The van der Waals surface area contributed by atoms with Gasteiger partial charge in [0.2, 0.25) is 11.8 Å². The van der Waals surface area contributed by atoms with Crippen LogP contribution in [0.1, 0.15) is 71.3 Å². The minimum Gasteiger partial charge on any atom is -0.444 e. The SMILES string of the molecule is CC(C)(C)OC(=O)N1CSC[C@@H]1C(=O)NC(CSCC1CCCCC1)C(=O)NC1CCN(Cc2ccccc2)CC1. The van der Waals surface area contributed by atoms with Crippen LogP contribution in [0.3, 0.4) is 0 Å². The number of carbonyl (C=O) groups excluding carboxylic acids is 3. The molecule has 0 radical (unpaired) electrons. The quantitative estimate of drug-likeness (QED) is 0.394. The van der Waals surface area contributed by atoms with Crippen LogP contribution in [0.5, 0.6) is 0 Å². The van der Waals surface area contributed by atoms with Gasteiger partial charge in [-0.3, -0.25) is 19.4 Å². The molecule has 1 unspecified atom stereocenters. The lowest BCUT2D eigenvalue weighted by Crippen LogP contribution is -2.57. The maximum atomic E-state index is 13.6. The first-order valence-corrected chi connectivity index (χ1v) is 17.5. The van der Waals surface area contributed by atoms with Crippen molar-refractivity contribution in [3.05, 3.63) is 35.9 Å². The molecule has 0 spiro atoms. The molecule has 0 bridgehead atoms. The van der Waals surface area contributed by atoms with Crippen LogP contribution in [0.15, 0.2) is 30.3 Å². The summed E-state index contributed by atoms with van der Waals surface area (Å²) < 4.78 is 5.54. The molecule has 1 aliphatic carbocycles. The van der Waals surface area contributed by atoms with Gasteiger partial charge in [-0.2, -0.15) is 11.8 Å². The van der Waals surface area contributed by atoms with Gasteiger partial charge in [0, 0.05) is 37.2 Å². The number of thioether (sulfide) groups is 2. The molecule has 2 aliphatic heterocycles. The smallest absolute Gasteiger partial charge is 0.411 e. The van der Waals surface area contributed by atoms with E-state index in [4.69, 9.17) is 4.74 Å². The average Bonchev–Trinajstić information content (AvgIpc) is 3.44. The monoisotopic (exact) mass is 604 g/mol. The van der Waals surface area contributed by atoms with E-state index in [2.05, 4.69) is 39.8 Å². The van der Waals surface area contributed by atoms with Crippen molar-refractivity contribution < 1.29 is 19.1 Å². The highest BCUT2D eigenvalue weighted by atomic mass is 32.2. The Bertz CT molecular complexity index is 992. The third-order valence-electron chi connectivity index (χ3n) is 7.99. The van der Waals surface area contributed by atoms with Crippen LogP contribution < -0.4 is 10.6 Å². The standard InChI is InChI=1S/C31H48N4O4S2/c1-31(2,3)39-30(38)35-22-41-21-27(35)29(37)33-26(20-40-19-24-12-8-5-9-13-24)28(36)32-25-14-16-34(17-15-25)18-23-10-6-4-7-11-23/h4,6-7,10-11,24-27H,5,8-9,12-22H2,1-3H3,(H,32,36)(H,33,37)/t26?,27-/m1/s1. The first-order chi connectivity index (χ1) is 19.7. The Morgan fingerprint density at radius 2 is 1.76 bits per heavy atom. The van der Waals surface area contributed by atoms with Gasteiger partial charge in [0.15, 0.2) is 0 Å². The first kappa shape index (κ1) is 32.0. The summed E-state index contributed by atoms with van der Waals surface area (Å²) in [5.74, 6) is 2.74. The topological polar surface area (TPSA) is 91.0 Å². The second-order valence-corrected chi connectivity index (χ2v) is 14.7. The van der Waals surface area contributed by atoms with Gasteiger partial charge in [0.05, 0.1) is 5.88 Å². The summed E-state index contributed by atoms with van der Waals surface area (Å²) in [6.07, 6.45) is 7.69. The molecule has 2 atom stereocenters. The molecule has 8 nitrogen and oxygen atoms in total. The predicted molar refractivity (Wildman–Crippen MR) is 168 cm³/mol. The van der Waals surface area contributed by atoms with E-state index in [0.29, 0.717) is 23.3 Å². The molecule has 0 aromatic heterocycles. The largest absolute Gasteiger partial charge is 0.444 e. The molecular weight excluding hydrogens is 556 g/mol. The number of nitrogens with one attached hydrogen (secondary N) is 2. The van der Waals surface area contributed by atoms with Crippen molar-refractivity contribution in [1.29, 1.82) is 0 Å². The number of piperidine rings is 1. The Morgan fingerprint density at radius 3 is 2.44 bits per heavy atom. The number of carbonyl (C=O) groups is 3. The molecule has 2 heterocycles. The molecule has 2 N–H and O–H groups in total. The van der Waals surface area contributed by atoms with E-state index in [1.54, 1.807) is 11.8 Å². The molecule has 3 amide bonds. The Morgan fingerprint density at radius 1 is 1.05 bits per heavy atom. The predicted octanol–water partition coefficient (Wildman–Crippen LogP) is 4.88. The zero-order valence-corrected chi connectivity index (χ0v) is 26.6. The number of amides is 3. The van der Waals surface area contributed by atoms with E-state index in [-0.39, 0.29) is 17.9 Å². The Kier molecular flexibility index (Phi) is 12.1. The number of rotatable bonds is 10. The zero-order valence-electron chi connectivity index (χ0n) is 24.9. The summed E-state index contributed by atoms with van der Waals surface area (Å²) >= 11 is 3.29. The van der Waals surface area contributed by atoms with Crippen molar-refractivity contribution >= 4 is 41.4 Å². The maximum absolute atomic E-state index is 13.6. The minimum absolute atomic E-state index is 0.0950. The molecule has 41 heavy (non-hydrogen) atoms. The molecule has 228 valence electrons. The van der Waals surface area contributed by atoms with Gasteiger partial charge >= 0.3 is 6.09 Å². The normalized spacial score (nSPS) is 21.8. The van der Waals surface area contributed by atoms with Gasteiger partial charge in [-0.05, 0) is 63.7 Å². The number of nitrogens with zero attached hydrogens (tertiary/aromatic N) is 2. The average molecular weight is 605 g/mol. The van der Waals surface area contributed by atoms with Crippen LogP contribution in [0.2, 0.25) is 0 Å². The third-order valence-corrected chi connectivity index (χ3v) is 10.3. The lowest BCUT2D eigenvalue weighted by atomic mass is 9.91. The van der Waals surface area contributed by atoms with E-state index in [1.807, 2.05) is 26.8 Å². The molecular formula is C31H48N4O4S2. The number of ether oxygens (including phenoxy) is 1. The third kappa shape index (κ3) is 10.4. The summed E-state index contributed by atoms with van der Waals surface area (Å²) in [4.78, 5) is 43.7. The molecule has 1 saturated carbocycles. The second kappa shape index (κ2) is 15.5. The van der Waals surface area contributed by atoms with Crippen LogP contribution in [0.4, 0.5) is 4.79 Å². The number of hydrogen-bond donors (Lipinski definition) is 2. The lowest BCUT2D eigenvalue weighted by molar-refractivity contribution is -0.131. The van der Waals surface area contributed by atoms with E-state index in [9.17, 15) is 14.4 Å². The zero-order chi connectivity index (χ0) is 29.2. The van der Waals surface area contributed by atoms with Gasteiger partial charge < -0.3 is 15.4 Å². The highest BCUT2D eigenvalue weighted by molar-refractivity contribution is 7.99. The van der Waals surface area contributed by atoms with Crippen molar-refractivity contribution in [1.82, 2.24) is 20.4 Å². The van der Waals surface area contributed by atoms with Crippen molar-refractivity contribution in [3.8, 4) is 0 Å². The van der Waals surface area contributed by atoms with E-state index >= 15 is 0 Å². The van der Waals surface area contributed by atoms with Gasteiger partial charge in [-0.15, -0.1) is 11.8 Å². The van der Waals surface area contributed by atoms with Crippen LogP contribution in [0, 0.1) is 5.92 Å². The molecule has 3 aliphatic rings. The number of benzene rings is 1. The highest BCUT2D eigenvalue weighted by Gasteiger charge is 2.39. The van der Waals surface area contributed by atoms with Gasteiger partial charge in [0.1, 0.15) is 17.7 Å². The highest BCUT2D eigenvalue weighted by Crippen LogP contribution is 2.27. The molecule has 4 rings (SSSR count). The molecule has 1 aromatic rings. The van der Waals surface area contributed by atoms with Gasteiger partial charge in [-0.25, -0.2) is 4.79 Å². The van der Waals surface area contributed by atoms with E-state index < -0.39 is 23.8 Å². The Hall–Kier alpha value is -1.91. The molecule has 1 aromatic carbocycles. The van der Waals surface area contributed by atoms with Gasteiger partial charge in [0.25, 0.3) is 0 Å². The summed E-state index contributed by atoms with van der Waals surface area (Å²) in [5.41, 5.74) is 0.665. The fourth-order valence-electron chi connectivity index (χ4n) is 5.70. The Balaban J connectivity index is 1.32. The summed E-state index contributed by atoms with van der Waals surface area (Å²) in [6.45, 7) is 8.23. The summed E-state index contributed by atoms with van der Waals surface area (Å²) in [7, 11) is 0. The van der Waals surface area contributed by atoms with E-state index in [0.717, 1.165) is 38.2 Å². The molecule has 2 saturated heterocycles. The van der Waals surface area contributed by atoms with Crippen molar-refractivity contribution in [2.75, 3.05) is 36.2 Å². The van der Waals surface area contributed by atoms with Crippen LogP contribution in [0.25, 0.3) is 0 Å². The molecule has 10 heteroatoms. The first-order valence-electron chi connectivity index (χ1n) is 15.2. The summed E-state index contributed by atoms with van der Waals surface area (Å²) in [6, 6.07) is 9.30. The van der Waals surface area contributed by atoms with Crippen molar-refractivity contribution in [3.63, 3.8) is 0 Å². The maximum Gasteiger partial charge on any atom is 0.411 e. The number of hydrogen-bond acceptors (Lipinski definition) is 7. The second-order valence-electron chi connectivity index (χ2n) is 12.6. The lowest BCUT2D eigenvalue weighted by Gasteiger charge is -2.33. The fourth-order valence-corrected chi connectivity index (χ4v) is 8.11. The minimum atomic E-state index is -0.644. The Labute approximate surface area is 254 Å². The molecule has 3 fully saturated rings. The van der Waals surface area contributed by atoms with Crippen LogP contribution in [-0.4, -0.2) is 87.7 Å². The van der Waals surface area contributed by atoms with Crippen molar-refractivity contribution in [2.45, 2.75) is 96.0 Å². The van der Waals surface area contributed by atoms with Crippen molar-refractivity contribution in [2.24, 2.45) is 5.92 Å². The summed E-state index contributed by atoms with van der Waals surface area (Å²) in [5, 5.41) is 6.28. The van der Waals surface area contributed by atoms with Crippen LogP contribution in [-0.2, 0) is 20.9 Å². The van der Waals surface area contributed by atoms with E-state index in [1.165, 1.54) is 54.3 Å². The number of likely N-dealkylation sites (tertiary alicyclic amines) is 1.